The summed E-state index contributed by atoms with van der Waals surface area (Å²) in [6.45, 7) is 9.39. The Bertz CT molecular complexity index is 732. The zero-order chi connectivity index (χ0) is 22.3. The molecule has 0 saturated carbocycles. The SMILES string of the molecule is CCOC(O)CCNC(=O)c1ccc(N2CCN(C(=O)OC(C)(C)C)CC2)c(F)n1. The summed E-state index contributed by atoms with van der Waals surface area (Å²) in [5, 5.41) is 12.1. The van der Waals surface area contributed by atoms with Gasteiger partial charge in [0.2, 0.25) is 5.95 Å². The van der Waals surface area contributed by atoms with Gasteiger partial charge >= 0.3 is 6.09 Å². The van der Waals surface area contributed by atoms with Gasteiger partial charge in [-0.1, -0.05) is 0 Å². The number of ether oxygens (including phenoxy) is 2. The minimum atomic E-state index is -0.957. The van der Waals surface area contributed by atoms with E-state index in [4.69, 9.17) is 9.47 Å². The number of aromatic nitrogens is 1. The van der Waals surface area contributed by atoms with Gasteiger partial charge in [-0.3, -0.25) is 4.79 Å². The van der Waals surface area contributed by atoms with E-state index in [-0.39, 0.29) is 30.4 Å². The third kappa shape index (κ3) is 7.10. The molecule has 2 N–H and O–H groups in total. The number of rotatable bonds is 7. The molecule has 1 aromatic rings. The minimum absolute atomic E-state index is 0.0467. The van der Waals surface area contributed by atoms with Crippen molar-refractivity contribution in [3.05, 3.63) is 23.8 Å². The number of aliphatic hydroxyl groups is 1. The van der Waals surface area contributed by atoms with E-state index in [0.717, 1.165) is 0 Å². The highest BCUT2D eigenvalue weighted by molar-refractivity contribution is 5.92. The first-order valence-electron chi connectivity index (χ1n) is 10.1. The summed E-state index contributed by atoms with van der Waals surface area (Å²) in [5.41, 5.74) is -0.335. The van der Waals surface area contributed by atoms with Crippen molar-refractivity contribution in [2.24, 2.45) is 0 Å². The van der Waals surface area contributed by atoms with Crippen molar-refractivity contribution in [3.8, 4) is 0 Å². The lowest BCUT2D eigenvalue weighted by atomic mass is 10.2. The average Bonchev–Trinajstić information content (AvgIpc) is 2.67. The molecule has 30 heavy (non-hydrogen) atoms. The molecule has 0 radical (unpaired) electrons. The molecule has 1 fully saturated rings. The number of anilines is 1. The van der Waals surface area contributed by atoms with Gasteiger partial charge in [-0.2, -0.15) is 4.39 Å². The molecule has 1 aromatic heterocycles. The number of carbonyl (C=O) groups excluding carboxylic acids is 2. The Labute approximate surface area is 176 Å². The fraction of sp³-hybridized carbons (Fsp3) is 0.650. The standard InChI is InChI=1S/C20H31FN4O5/c1-5-29-16(26)8-9-22-18(27)14-6-7-15(17(21)23-14)24-10-12-25(13-11-24)19(28)30-20(2,3)4/h6-7,16,26H,5,8-13H2,1-4H3,(H,22,27). The largest absolute Gasteiger partial charge is 0.444 e. The van der Waals surface area contributed by atoms with E-state index in [1.165, 1.54) is 12.1 Å². The van der Waals surface area contributed by atoms with Gasteiger partial charge in [-0.05, 0) is 39.8 Å². The minimum Gasteiger partial charge on any atom is -0.444 e. The van der Waals surface area contributed by atoms with E-state index in [2.05, 4.69) is 10.3 Å². The van der Waals surface area contributed by atoms with Crippen molar-refractivity contribution < 1.29 is 28.6 Å². The maximum absolute atomic E-state index is 14.5. The van der Waals surface area contributed by atoms with E-state index in [9.17, 15) is 19.1 Å². The summed E-state index contributed by atoms with van der Waals surface area (Å²) in [7, 11) is 0. The van der Waals surface area contributed by atoms with Crippen LogP contribution in [0.2, 0.25) is 0 Å². The number of piperazine rings is 1. The Hall–Kier alpha value is -2.46. The van der Waals surface area contributed by atoms with Gasteiger partial charge in [0, 0.05) is 45.8 Å². The number of halogens is 1. The number of hydrogen-bond acceptors (Lipinski definition) is 7. The molecule has 9 nitrogen and oxygen atoms in total. The first-order valence-corrected chi connectivity index (χ1v) is 10.1. The van der Waals surface area contributed by atoms with Crippen LogP contribution >= 0.6 is 0 Å². The zero-order valence-electron chi connectivity index (χ0n) is 18.0. The summed E-state index contributed by atoms with van der Waals surface area (Å²) in [5.74, 6) is -1.28. The van der Waals surface area contributed by atoms with Crippen LogP contribution in [0.15, 0.2) is 12.1 Å². The molecular formula is C20H31FN4O5. The summed E-state index contributed by atoms with van der Waals surface area (Å²) < 4.78 is 24.9. The number of hydrogen-bond donors (Lipinski definition) is 2. The molecule has 2 amide bonds. The number of nitrogens with one attached hydrogen (secondary N) is 1. The molecule has 0 aromatic carbocycles. The van der Waals surface area contributed by atoms with Crippen molar-refractivity contribution in [1.82, 2.24) is 15.2 Å². The van der Waals surface area contributed by atoms with Crippen LogP contribution in [0.3, 0.4) is 0 Å². The van der Waals surface area contributed by atoms with Crippen LogP contribution in [0.4, 0.5) is 14.9 Å². The first kappa shape index (κ1) is 23.8. The molecule has 2 heterocycles. The van der Waals surface area contributed by atoms with E-state index in [1.54, 1.807) is 37.5 Å². The molecule has 1 aliphatic rings. The lowest BCUT2D eigenvalue weighted by Crippen LogP contribution is -2.50. The van der Waals surface area contributed by atoms with Crippen molar-refractivity contribution in [2.45, 2.75) is 46.0 Å². The first-order chi connectivity index (χ1) is 14.1. The number of amides is 2. The third-order valence-corrected chi connectivity index (χ3v) is 4.37. The van der Waals surface area contributed by atoms with Gasteiger partial charge < -0.3 is 29.7 Å². The van der Waals surface area contributed by atoms with Crippen molar-refractivity contribution >= 4 is 17.7 Å². The number of pyridine rings is 1. The van der Waals surface area contributed by atoms with Crippen LogP contribution in [0, 0.1) is 5.95 Å². The predicted octanol–water partition coefficient (Wildman–Crippen LogP) is 1.75. The van der Waals surface area contributed by atoms with Crippen LogP contribution in [0.5, 0.6) is 0 Å². The normalized spacial score (nSPS) is 15.7. The molecule has 1 unspecified atom stereocenters. The van der Waals surface area contributed by atoms with Crippen LogP contribution in [0.1, 0.15) is 44.6 Å². The number of nitrogens with zero attached hydrogens (tertiary/aromatic N) is 3. The second kappa shape index (κ2) is 10.5. The van der Waals surface area contributed by atoms with E-state index in [1.807, 2.05) is 0 Å². The Kier molecular flexibility index (Phi) is 8.36. The van der Waals surface area contributed by atoms with Crippen molar-refractivity contribution in [2.75, 3.05) is 44.2 Å². The second-order valence-electron chi connectivity index (χ2n) is 7.92. The highest BCUT2D eigenvalue weighted by atomic mass is 19.1. The van der Waals surface area contributed by atoms with Crippen LogP contribution in [-0.4, -0.2) is 78.2 Å². The molecule has 1 aliphatic heterocycles. The highest BCUT2D eigenvalue weighted by Gasteiger charge is 2.27. The molecule has 0 aliphatic carbocycles. The zero-order valence-corrected chi connectivity index (χ0v) is 18.0. The Morgan fingerprint density at radius 3 is 2.50 bits per heavy atom. The van der Waals surface area contributed by atoms with Crippen LogP contribution in [0.25, 0.3) is 0 Å². The second-order valence-corrected chi connectivity index (χ2v) is 7.92. The summed E-state index contributed by atoms with van der Waals surface area (Å²) in [6, 6.07) is 2.96. The third-order valence-electron chi connectivity index (χ3n) is 4.37. The average molecular weight is 426 g/mol. The quantitative estimate of drug-likeness (QED) is 0.506. The molecule has 0 spiro atoms. The molecule has 168 valence electrons. The monoisotopic (exact) mass is 426 g/mol. The summed E-state index contributed by atoms with van der Waals surface area (Å²) in [4.78, 5) is 31.4. The maximum Gasteiger partial charge on any atom is 0.410 e. The smallest absolute Gasteiger partial charge is 0.410 e. The van der Waals surface area contributed by atoms with E-state index < -0.39 is 23.7 Å². The topological polar surface area (TPSA) is 104 Å². The molecule has 1 saturated heterocycles. The van der Waals surface area contributed by atoms with E-state index >= 15 is 0 Å². The molecular weight excluding hydrogens is 395 g/mol. The Morgan fingerprint density at radius 2 is 1.93 bits per heavy atom. The molecule has 2 rings (SSSR count). The van der Waals surface area contributed by atoms with Crippen molar-refractivity contribution in [1.29, 1.82) is 0 Å². The lowest BCUT2D eigenvalue weighted by molar-refractivity contribution is -0.0973. The van der Waals surface area contributed by atoms with Crippen LogP contribution in [-0.2, 0) is 9.47 Å². The molecule has 1 atom stereocenters. The van der Waals surface area contributed by atoms with Crippen LogP contribution < -0.4 is 10.2 Å². The summed E-state index contributed by atoms with van der Waals surface area (Å²) >= 11 is 0. The Balaban J connectivity index is 1.88. The fourth-order valence-corrected chi connectivity index (χ4v) is 2.92. The Morgan fingerprint density at radius 1 is 1.27 bits per heavy atom. The van der Waals surface area contributed by atoms with Gasteiger partial charge in [0.1, 0.15) is 11.3 Å². The molecule has 0 bridgehead atoms. The maximum atomic E-state index is 14.5. The molecule has 10 heteroatoms. The fourth-order valence-electron chi connectivity index (χ4n) is 2.92. The van der Waals surface area contributed by atoms with Gasteiger partial charge in [0.25, 0.3) is 5.91 Å². The van der Waals surface area contributed by atoms with E-state index in [0.29, 0.717) is 32.8 Å². The van der Waals surface area contributed by atoms with Crippen molar-refractivity contribution in [3.63, 3.8) is 0 Å². The number of carbonyl (C=O) groups is 2. The van der Waals surface area contributed by atoms with Gasteiger partial charge in [0.05, 0.1) is 5.69 Å². The summed E-state index contributed by atoms with van der Waals surface area (Å²) in [6.07, 6.45) is -1.12. The van der Waals surface area contributed by atoms with Gasteiger partial charge in [0.15, 0.2) is 6.29 Å². The van der Waals surface area contributed by atoms with Gasteiger partial charge in [-0.15, -0.1) is 0 Å². The highest BCUT2D eigenvalue weighted by Crippen LogP contribution is 2.21. The number of aliphatic hydroxyl groups excluding tert-OH is 1. The predicted molar refractivity (Wildman–Crippen MR) is 109 cm³/mol. The van der Waals surface area contributed by atoms with Gasteiger partial charge in [-0.25, -0.2) is 9.78 Å². The lowest BCUT2D eigenvalue weighted by Gasteiger charge is -2.36.